The molecule has 3 aromatic rings. The highest BCUT2D eigenvalue weighted by molar-refractivity contribution is 6.04. The number of nitrogens with one attached hydrogen (secondary N) is 2. The highest BCUT2D eigenvalue weighted by atomic mass is 16.5. The number of benzene rings is 2. The molecular weight excluding hydrogens is 362 g/mol. The third-order valence-electron chi connectivity index (χ3n) is 4.66. The second kappa shape index (κ2) is 8.78. The smallest absolute Gasteiger partial charge is 0.257 e. The Labute approximate surface area is 172 Å². The number of aromatic nitrogens is 1. The van der Waals surface area contributed by atoms with Gasteiger partial charge in [-0.25, -0.2) is 4.98 Å². The Morgan fingerprint density at radius 3 is 2.41 bits per heavy atom. The van der Waals surface area contributed by atoms with E-state index in [9.17, 15) is 4.79 Å². The van der Waals surface area contributed by atoms with Gasteiger partial charge in [0.05, 0.1) is 12.7 Å². The van der Waals surface area contributed by atoms with Crippen LogP contribution in [-0.2, 0) is 12.0 Å². The fraction of sp³-hybridized carbons (Fsp3) is 0.250. The minimum absolute atomic E-state index is 0.0611. The van der Waals surface area contributed by atoms with Crippen molar-refractivity contribution in [3.8, 4) is 5.75 Å². The average molecular weight is 389 g/mol. The monoisotopic (exact) mass is 389 g/mol. The van der Waals surface area contributed by atoms with E-state index in [-0.39, 0.29) is 11.3 Å². The lowest BCUT2D eigenvalue weighted by Crippen LogP contribution is -2.18. The van der Waals surface area contributed by atoms with Crippen molar-refractivity contribution in [2.45, 2.75) is 32.7 Å². The molecule has 1 heterocycles. The van der Waals surface area contributed by atoms with Gasteiger partial charge >= 0.3 is 0 Å². The molecule has 29 heavy (non-hydrogen) atoms. The van der Waals surface area contributed by atoms with Crippen LogP contribution in [0, 0.1) is 0 Å². The molecule has 0 radical (unpaired) electrons. The summed E-state index contributed by atoms with van der Waals surface area (Å²) in [4.78, 5) is 17.0. The number of rotatable bonds is 6. The van der Waals surface area contributed by atoms with E-state index in [1.54, 1.807) is 25.4 Å². The fourth-order valence-corrected chi connectivity index (χ4v) is 3.11. The van der Waals surface area contributed by atoms with Gasteiger partial charge in [-0.1, -0.05) is 57.2 Å². The highest BCUT2D eigenvalue weighted by Crippen LogP contribution is 2.29. The minimum atomic E-state index is -0.175. The predicted molar refractivity (Wildman–Crippen MR) is 118 cm³/mol. The predicted octanol–water partition coefficient (Wildman–Crippen LogP) is 5.25. The first-order valence-corrected chi connectivity index (χ1v) is 9.61. The quantitative estimate of drug-likeness (QED) is 0.604. The first-order chi connectivity index (χ1) is 13.9. The second-order valence-corrected chi connectivity index (χ2v) is 7.85. The van der Waals surface area contributed by atoms with Crippen LogP contribution in [0.5, 0.6) is 5.75 Å². The summed E-state index contributed by atoms with van der Waals surface area (Å²) in [6.07, 6.45) is 1.58. The Kier molecular flexibility index (Phi) is 6.17. The van der Waals surface area contributed by atoms with Gasteiger partial charge in [-0.2, -0.15) is 0 Å². The number of methoxy groups -OCH3 is 1. The van der Waals surface area contributed by atoms with Crippen molar-refractivity contribution in [3.05, 3.63) is 83.6 Å². The third-order valence-corrected chi connectivity index (χ3v) is 4.66. The van der Waals surface area contributed by atoms with E-state index in [0.29, 0.717) is 17.9 Å². The van der Waals surface area contributed by atoms with Gasteiger partial charge in [0.1, 0.15) is 11.6 Å². The van der Waals surface area contributed by atoms with Crippen molar-refractivity contribution in [3.63, 3.8) is 0 Å². The molecule has 0 fully saturated rings. The maximum Gasteiger partial charge on any atom is 0.257 e. The molecule has 1 amide bonds. The summed E-state index contributed by atoms with van der Waals surface area (Å²) >= 11 is 0. The Hall–Kier alpha value is -3.34. The Morgan fingerprint density at radius 2 is 1.72 bits per heavy atom. The van der Waals surface area contributed by atoms with Gasteiger partial charge in [0.25, 0.3) is 5.91 Å². The lowest BCUT2D eigenvalue weighted by molar-refractivity contribution is 0.102. The van der Waals surface area contributed by atoms with Gasteiger partial charge in [-0.05, 0) is 35.2 Å². The molecule has 0 bridgehead atoms. The van der Waals surface area contributed by atoms with Crippen molar-refractivity contribution in [2.75, 3.05) is 17.7 Å². The van der Waals surface area contributed by atoms with E-state index in [2.05, 4.69) is 36.4 Å². The number of ether oxygens (including phenoxy) is 1. The molecule has 5 heteroatoms. The zero-order valence-electron chi connectivity index (χ0n) is 17.3. The summed E-state index contributed by atoms with van der Waals surface area (Å²) in [5.41, 5.74) is 3.41. The van der Waals surface area contributed by atoms with Crippen LogP contribution in [-0.4, -0.2) is 18.0 Å². The van der Waals surface area contributed by atoms with E-state index in [0.717, 1.165) is 22.6 Å². The molecule has 2 N–H and O–H groups in total. The van der Waals surface area contributed by atoms with Gasteiger partial charge in [-0.3, -0.25) is 4.79 Å². The van der Waals surface area contributed by atoms with Crippen LogP contribution in [0.1, 0.15) is 42.3 Å². The minimum Gasteiger partial charge on any atom is -0.496 e. The molecule has 0 aliphatic rings. The topological polar surface area (TPSA) is 63.2 Å². The molecular formula is C24H27N3O2. The molecule has 0 atom stereocenters. The van der Waals surface area contributed by atoms with Crippen LogP contribution in [0.4, 0.5) is 11.5 Å². The third kappa shape index (κ3) is 5.13. The summed E-state index contributed by atoms with van der Waals surface area (Å²) in [5, 5.41) is 6.27. The summed E-state index contributed by atoms with van der Waals surface area (Å²) < 4.78 is 5.36. The van der Waals surface area contributed by atoms with Gasteiger partial charge < -0.3 is 15.4 Å². The molecule has 0 aliphatic carbocycles. The summed E-state index contributed by atoms with van der Waals surface area (Å²) in [5.74, 6) is 1.35. The lowest BCUT2D eigenvalue weighted by atomic mass is 9.86. The molecule has 5 nitrogen and oxygen atoms in total. The largest absolute Gasteiger partial charge is 0.496 e. The van der Waals surface area contributed by atoms with E-state index in [1.807, 2.05) is 48.5 Å². The van der Waals surface area contributed by atoms with Gasteiger partial charge in [0, 0.05) is 24.0 Å². The molecule has 3 rings (SSSR count). The van der Waals surface area contributed by atoms with Gasteiger partial charge in [0.15, 0.2) is 0 Å². The van der Waals surface area contributed by atoms with E-state index >= 15 is 0 Å². The number of anilines is 2. The summed E-state index contributed by atoms with van der Waals surface area (Å²) in [7, 11) is 1.66. The zero-order valence-corrected chi connectivity index (χ0v) is 17.3. The van der Waals surface area contributed by atoms with Crippen LogP contribution in [0.3, 0.4) is 0 Å². The Morgan fingerprint density at radius 1 is 1.00 bits per heavy atom. The number of hydrogen-bond donors (Lipinski definition) is 2. The number of pyridine rings is 1. The zero-order chi connectivity index (χ0) is 20.9. The SMILES string of the molecule is COc1ccccc1CNc1ccc(C(=O)Nc2ccccc2C(C)(C)C)cn1. The number of para-hydroxylation sites is 2. The average Bonchev–Trinajstić information content (AvgIpc) is 2.72. The molecule has 150 valence electrons. The number of hydrogen-bond acceptors (Lipinski definition) is 4. The second-order valence-electron chi connectivity index (χ2n) is 7.85. The standard InChI is InChI=1S/C24H27N3O2/c1-24(2,3)19-10-6-7-11-20(19)27-23(28)18-13-14-22(26-16-18)25-15-17-9-5-8-12-21(17)29-4/h5-14,16H,15H2,1-4H3,(H,25,26)(H,27,28). The lowest BCUT2D eigenvalue weighted by Gasteiger charge is -2.23. The highest BCUT2D eigenvalue weighted by Gasteiger charge is 2.19. The van der Waals surface area contributed by atoms with Gasteiger partial charge in [-0.15, -0.1) is 0 Å². The first-order valence-electron chi connectivity index (χ1n) is 9.61. The van der Waals surface area contributed by atoms with E-state index in [4.69, 9.17) is 4.74 Å². The van der Waals surface area contributed by atoms with Crippen molar-refractivity contribution in [1.82, 2.24) is 4.98 Å². The van der Waals surface area contributed by atoms with Crippen LogP contribution in [0.25, 0.3) is 0 Å². The number of carbonyl (C=O) groups excluding carboxylic acids is 1. The molecule has 0 spiro atoms. The number of amides is 1. The molecule has 0 saturated heterocycles. The van der Waals surface area contributed by atoms with Gasteiger partial charge in [0.2, 0.25) is 0 Å². The van der Waals surface area contributed by atoms with E-state index < -0.39 is 0 Å². The van der Waals surface area contributed by atoms with Crippen LogP contribution < -0.4 is 15.4 Å². The summed E-state index contributed by atoms with van der Waals surface area (Å²) in [6.45, 7) is 6.97. The van der Waals surface area contributed by atoms with E-state index in [1.165, 1.54) is 0 Å². The van der Waals surface area contributed by atoms with Crippen LogP contribution in [0.15, 0.2) is 66.9 Å². The van der Waals surface area contributed by atoms with Crippen LogP contribution in [0.2, 0.25) is 0 Å². The van der Waals surface area contributed by atoms with Crippen molar-refractivity contribution in [2.24, 2.45) is 0 Å². The molecule has 1 aromatic heterocycles. The van der Waals surface area contributed by atoms with Crippen molar-refractivity contribution in [1.29, 1.82) is 0 Å². The molecule has 2 aromatic carbocycles. The molecule has 0 aliphatic heterocycles. The van der Waals surface area contributed by atoms with Crippen LogP contribution >= 0.6 is 0 Å². The fourth-order valence-electron chi connectivity index (χ4n) is 3.11. The number of nitrogens with zero attached hydrogens (tertiary/aromatic N) is 1. The Bertz CT molecular complexity index is 976. The maximum atomic E-state index is 12.7. The first kappa shape index (κ1) is 20.4. The maximum absolute atomic E-state index is 12.7. The van der Waals surface area contributed by atoms with Crippen molar-refractivity contribution >= 4 is 17.4 Å². The molecule has 0 unspecified atom stereocenters. The Balaban J connectivity index is 1.67. The molecule has 0 saturated carbocycles. The number of carbonyl (C=O) groups is 1. The summed E-state index contributed by atoms with van der Waals surface area (Å²) in [6, 6.07) is 19.3. The normalized spacial score (nSPS) is 11.0. The van der Waals surface area contributed by atoms with Crippen molar-refractivity contribution < 1.29 is 9.53 Å².